The minimum atomic E-state index is -1.82. The smallest absolute Gasteiger partial charge is 0.202 e. The number of hydrogen-bond acceptors (Lipinski definition) is 1. The van der Waals surface area contributed by atoms with Crippen LogP contribution in [0.1, 0.15) is 22.5 Å². The molecule has 0 aliphatic rings. The third-order valence-corrected chi connectivity index (χ3v) is 3.47. The van der Waals surface area contributed by atoms with Crippen LogP contribution in [0.4, 0.5) is 4.39 Å². The van der Waals surface area contributed by atoms with Gasteiger partial charge in [0.2, 0.25) is 5.67 Å². The van der Waals surface area contributed by atoms with Crippen molar-refractivity contribution in [2.24, 2.45) is 0 Å². The van der Waals surface area contributed by atoms with Crippen LogP contribution >= 0.6 is 0 Å². The molecule has 0 saturated heterocycles. The third-order valence-electron chi connectivity index (χ3n) is 3.47. The minimum absolute atomic E-state index is 0.292. The molecule has 2 aromatic carbocycles. The van der Waals surface area contributed by atoms with E-state index in [9.17, 15) is 0 Å². The van der Waals surface area contributed by atoms with Gasteiger partial charge in [-0.25, -0.2) is 4.39 Å². The zero-order chi connectivity index (χ0) is 14.7. The molecule has 0 aliphatic heterocycles. The van der Waals surface area contributed by atoms with Gasteiger partial charge in [-0.15, -0.1) is 0 Å². The summed E-state index contributed by atoms with van der Waals surface area (Å²) in [7, 11) is 0. The van der Waals surface area contributed by atoms with E-state index in [2.05, 4.69) is 4.98 Å². The van der Waals surface area contributed by atoms with Gasteiger partial charge in [0.05, 0.1) is 5.69 Å². The standard InChI is InChI=1S/C19H14FN/c1-15-9-8-14-18(21-15)19(20,16-10-4-2-5-11-16)17-12-6-3-7-13-17/h1-14H. The van der Waals surface area contributed by atoms with Crippen molar-refractivity contribution in [2.75, 3.05) is 0 Å². The van der Waals surface area contributed by atoms with Crippen LogP contribution in [0, 0.1) is 6.92 Å². The van der Waals surface area contributed by atoms with Crippen LogP contribution in [-0.4, -0.2) is 4.98 Å². The highest BCUT2D eigenvalue weighted by molar-refractivity contribution is 5.44. The Morgan fingerprint density at radius 2 is 1.24 bits per heavy atom. The molecule has 0 fully saturated rings. The molecule has 21 heavy (non-hydrogen) atoms. The van der Waals surface area contributed by atoms with Gasteiger partial charge < -0.3 is 0 Å². The van der Waals surface area contributed by atoms with Gasteiger partial charge in [-0.3, -0.25) is 4.98 Å². The lowest BCUT2D eigenvalue weighted by Crippen LogP contribution is -2.25. The molecule has 0 amide bonds. The van der Waals surface area contributed by atoms with Crippen molar-refractivity contribution in [1.29, 1.82) is 0 Å². The largest absolute Gasteiger partial charge is 0.253 e. The maximum absolute atomic E-state index is 16.1. The molecule has 0 N–H and O–H groups in total. The first-order valence-electron chi connectivity index (χ1n) is 6.74. The molecule has 3 rings (SSSR count). The molecule has 0 aliphatic carbocycles. The quantitative estimate of drug-likeness (QED) is 0.690. The maximum Gasteiger partial charge on any atom is 0.202 e. The van der Waals surface area contributed by atoms with E-state index in [4.69, 9.17) is 6.92 Å². The average Bonchev–Trinajstić information content (AvgIpc) is 2.56. The Morgan fingerprint density at radius 3 is 1.71 bits per heavy atom. The Kier molecular flexibility index (Phi) is 3.53. The van der Waals surface area contributed by atoms with Gasteiger partial charge >= 0.3 is 0 Å². The number of nitrogens with zero attached hydrogens (tertiary/aromatic N) is 1. The number of alkyl halides is 1. The number of aromatic nitrogens is 1. The van der Waals surface area contributed by atoms with Crippen LogP contribution in [-0.2, 0) is 5.67 Å². The summed E-state index contributed by atoms with van der Waals surface area (Å²) in [5.74, 6) is 0. The molecule has 0 bridgehead atoms. The predicted molar refractivity (Wildman–Crippen MR) is 81.5 cm³/mol. The van der Waals surface area contributed by atoms with E-state index in [0.717, 1.165) is 0 Å². The van der Waals surface area contributed by atoms with E-state index in [1.807, 2.05) is 36.4 Å². The SMILES string of the molecule is [CH]c1cccc(C(F)(c2ccccc2)c2ccccc2)n1. The third kappa shape index (κ3) is 2.45. The van der Waals surface area contributed by atoms with Gasteiger partial charge in [0.25, 0.3) is 0 Å². The van der Waals surface area contributed by atoms with E-state index in [-0.39, 0.29) is 0 Å². The molecule has 3 aromatic rings. The molecule has 0 spiro atoms. The zero-order valence-electron chi connectivity index (χ0n) is 11.4. The van der Waals surface area contributed by atoms with Crippen molar-refractivity contribution in [2.45, 2.75) is 5.67 Å². The summed E-state index contributed by atoms with van der Waals surface area (Å²) in [6, 6.07) is 23.1. The molecular weight excluding hydrogens is 261 g/mol. The second-order valence-corrected chi connectivity index (χ2v) is 4.84. The van der Waals surface area contributed by atoms with Crippen molar-refractivity contribution in [3.63, 3.8) is 0 Å². The van der Waals surface area contributed by atoms with Gasteiger partial charge in [0, 0.05) is 12.6 Å². The van der Waals surface area contributed by atoms with E-state index in [1.54, 1.807) is 42.5 Å². The molecule has 1 nitrogen and oxygen atoms in total. The second-order valence-electron chi connectivity index (χ2n) is 4.84. The fourth-order valence-corrected chi connectivity index (χ4v) is 2.44. The topological polar surface area (TPSA) is 12.9 Å². The first-order valence-corrected chi connectivity index (χ1v) is 6.74. The molecule has 2 radical (unpaired) electrons. The molecule has 0 atom stereocenters. The molecule has 1 aromatic heterocycles. The summed E-state index contributed by atoms with van der Waals surface area (Å²) in [4.78, 5) is 4.20. The number of rotatable bonds is 3. The van der Waals surface area contributed by atoms with Gasteiger partial charge in [0.1, 0.15) is 0 Å². The summed E-state index contributed by atoms with van der Waals surface area (Å²) in [6.45, 7) is 5.73. The number of halogens is 1. The van der Waals surface area contributed by atoms with Gasteiger partial charge in [0.15, 0.2) is 0 Å². The maximum atomic E-state index is 16.1. The first-order chi connectivity index (χ1) is 10.2. The fraction of sp³-hybridized carbons (Fsp3) is 0.0526. The predicted octanol–water partition coefficient (Wildman–Crippen LogP) is 4.40. The Bertz CT molecular complexity index is 683. The van der Waals surface area contributed by atoms with Crippen LogP contribution in [0.15, 0.2) is 78.9 Å². The average molecular weight is 275 g/mol. The lowest BCUT2D eigenvalue weighted by Gasteiger charge is -2.26. The van der Waals surface area contributed by atoms with Crippen LogP contribution in [0.25, 0.3) is 0 Å². The summed E-state index contributed by atoms with van der Waals surface area (Å²) >= 11 is 0. The molecular formula is C19H14FN. The summed E-state index contributed by atoms with van der Waals surface area (Å²) in [5.41, 5.74) is -0.150. The molecule has 2 heteroatoms. The fourth-order valence-electron chi connectivity index (χ4n) is 2.44. The minimum Gasteiger partial charge on any atom is -0.253 e. The lowest BCUT2D eigenvalue weighted by molar-refractivity contribution is 0.273. The highest BCUT2D eigenvalue weighted by Crippen LogP contribution is 2.39. The Labute approximate surface area is 124 Å². The number of benzene rings is 2. The summed E-state index contributed by atoms with van der Waals surface area (Å²) in [6.07, 6.45) is 0. The van der Waals surface area contributed by atoms with Gasteiger partial charge in [-0.1, -0.05) is 66.7 Å². The van der Waals surface area contributed by atoms with Crippen LogP contribution in [0.2, 0.25) is 0 Å². The Morgan fingerprint density at radius 1 is 0.714 bits per heavy atom. The van der Waals surface area contributed by atoms with Gasteiger partial charge in [-0.05, 0) is 23.3 Å². The number of hydrogen-bond donors (Lipinski definition) is 0. The van der Waals surface area contributed by atoms with Crippen molar-refractivity contribution in [3.05, 3.63) is 108 Å². The normalized spacial score (nSPS) is 11.3. The molecule has 0 saturated carbocycles. The monoisotopic (exact) mass is 275 g/mol. The van der Waals surface area contributed by atoms with Crippen molar-refractivity contribution in [3.8, 4) is 0 Å². The molecule has 0 unspecified atom stereocenters. The molecule has 102 valence electrons. The van der Waals surface area contributed by atoms with Crippen molar-refractivity contribution < 1.29 is 4.39 Å². The summed E-state index contributed by atoms with van der Waals surface area (Å²) in [5, 5.41) is 0. The van der Waals surface area contributed by atoms with Crippen molar-refractivity contribution >= 4 is 0 Å². The highest BCUT2D eigenvalue weighted by Gasteiger charge is 2.37. The van der Waals surface area contributed by atoms with Gasteiger partial charge in [-0.2, -0.15) is 0 Å². The zero-order valence-corrected chi connectivity index (χ0v) is 11.4. The van der Waals surface area contributed by atoms with Crippen LogP contribution in [0.5, 0.6) is 0 Å². The number of pyridine rings is 1. The van der Waals surface area contributed by atoms with Crippen LogP contribution in [0.3, 0.4) is 0 Å². The van der Waals surface area contributed by atoms with E-state index < -0.39 is 5.67 Å². The summed E-state index contributed by atoms with van der Waals surface area (Å²) < 4.78 is 16.1. The van der Waals surface area contributed by atoms with E-state index in [1.165, 1.54) is 0 Å². The first kappa shape index (κ1) is 13.5. The Balaban J connectivity index is 2.25. The van der Waals surface area contributed by atoms with Crippen molar-refractivity contribution in [1.82, 2.24) is 4.98 Å². The van der Waals surface area contributed by atoms with Crippen LogP contribution < -0.4 is 0 Å². The highest BCUT2D eigenvalue weighted by atomic mass is 19.1. The molecule has 1 heterocycles. The second kappa shape index (κ2) is 5.49. The van der Waals surface area contributed by atoms with E-state index >= 15 is 4.39 Å². The van der Waals surface area contributed by atoms with E-state index in [0.29, 0.717) is 22.5 Å². The lowest BCUT2D eigenvalue weighted by atomic mass is 9.85. The Hall–Kier alpha value is -2.48.